The molecule has 110 valence electrons. The van der Waals surface area contributed by atoms with E-state index in [-0.39, 0.29) is 17.7 Å². The monoisotopic (exact) mass is 304 g/mol. The average Bonchev–Trinajstić information content (AvgIpc) is 2.46. The molecule has 1 aliphatic heterocycles. The van der Waals surface area contributed by atoms with Gasteiger partial charge in [0.15, 0.2) is 0 Å². The highest BCUT2D eigenvalue weighted by molar-refractivity contribution is 8.01. The Bertz CT molecular complexity index is 592. The van der Waals surface area contributed by atoms with Crippen molar-refractivity contribution in [3.8, 4) is 6.07 Å². The van der Waals surface area contributed by atoms with E-state index < -0.39 is 17.3 Å². The van der Waals surface area contributed by atoms with Gasteiger partial charge in [-0.25, -0.2) is 0 Å². The van der Waals surface area contributed by atoms with Crippen LogP contribution in [0.2, 0.25) is 0 Å². The minimum atomic E-state index is -0.924. The minimum Gasteiger partial charge on any atom is -0.480 e. The van der Waals surface area contributed by atoms with Crippen molar-refractivity contribution in [1.82, 2.24) is 4.90 Å². The molecule has 0 aromatic heterocycles. The van der Waals surface area contributed by atoms with Crippen LogP contribution in [0.15, 0.2) is 24.3 Å². The summed E-state index contributed by atoms with van der Waals surface area (Å²) in [6.45, 7) is 3.76. The molecule has 1 saturated heterocycles. The Balaban J connectivity index is 2.46. The lowest BCUT2D eigenvalue weighted by Crippen LogP contribution is -2.50. The number of nitrogens with zero attached hydrogens (tertiary/aromatic N) is 2. The van der Waals surface area contributed by atoms with E-state index in [0.29, 0.717) is 5.56 Å². The number of benzene rings is 1. The van der Waals surface area contributed by atoms with E-state index in [0.717, 1.165) is 17.3 Å². The molecule has 1 aliphatic rings. The largest absolute Gasteiger partial charge is 0.480 e. The number of carbonyl (C=O) groups excluding carboxylic acids is 1. The SMILES string of the molecule is CC(C)N1C(=O)CS[C@H](C(=O)O)[C@H]1c1ccc(C#N)cc1. The summed E-state index contributed by atoms with van der Waals surface area (Å²) in [5.41, 5.74) is 1.26. The lowest BCUT2D eigenvalue weighted by molar-refractivity contribution is -0.141. The van der Waals surface area contributed by atoms with Gasteiger partial charge in [0.25, 0.3) is 0 Å². The summed E-state index contributed by atoms with van der Waals surface area (Å²) < 4.78 is 0. The molecule has 0 unspecified atom stereocenters. The van der Waals surface area contributed by atoms with Crippen molar-refractivity contribution in [2.75, 3.05) is 5.75 Å². The molecule has 0 spiro atoms. The predicted octanol–water partition coefficient (Wildman–Crippen LogP) is 2.04. The molecule has 1 aromatic rings. The van der Waals surface area contributed by atoms with Crippen LogP contribution < -0.4 is 0 Å². The average molecular weight is 304 g/mol. The fraction of sp³-hybridized carbons (Fsp3) is 0.400. The topological polar surface area (TPSA) is 81.4 Å². The van der Waals surface area contributed by atoms with E-state index in [1.807, 2.05) is 19.9 Å². The Morgan fingerprint density at radius 1 is 1.43 bits per heavy atom. The lowest BCUT2D eigenvalue weighted by atomic mass is 9.98. The second kappa shape index (κ2) is 6.19. The highest BCUT2D eigenvalue weighted by atomic mass is 32.2. The quantitative estimate of drug-likeness (QED) is 0.924. The minimum absolute atomic E-state index is 0.0538. The van der Waals surface area contributed by atoms with E-state index in [2.05, 4.69) is 0 Å². The zero-order valence-corrected chi connectivity index (χ0v) is 12.6. The number of carbonyl (C=O) groups is 2. The smallest absolute Gasteiger partial charge is 0.319 e. The summed E-state index contributed by atoms with van der Waals surface area (Å²) in [6.07, 6.45) is 0. The van der Waals surface area contributed by atoms with Crippen molar-refractivity contribution in [2.24, 2.45) is 0 Å². The Morgan fingerprint density at radius 2 is 2.05 bits per heavy atom. The third kappa shape index (κ3) is 3.03. The molecule has 0 bridgehead atoms. The molecule has 0 radical (unpaired) electrons. The van der Waals surface area contributed by atoms with E-state index in [1.54, 1.807) is 29.2 Å². The van der Waals surface area contributed by atoms with E-state index in [1.165, 1.54) is 0 Å². The van der Waals surface area contributed by atoms with Gasteiger partial charge in [-0.3, -0.25) is 9.59 Å². The number of thioether (sulfide) groups is 1. The van der Waals surface area contributed by atoms with Crippen LogP contribution in [0.1, 0.15) is 31.0 Å². The first-order valence-corrected chi connectivity index (χ1v) is 7.66. The highest BCUT2D eigenvalue weighted by Crippen LogP contribution is 2.38. The standard InChI is InChI=1S/C15H16N2O3S/c1-9(2)17-12(18)8-21-14(15(19)20)13(17)11-5-3-10(7-16)4-6-11/h3-6,9,13-14H,8H2,1-2H3,(H,19,20)/t13-,14+/m1/s1. The molecule has 1 N–H and O–H groups in total. The van der Waals surface area contributed by atoms with Crippen LogP contribution in [0.5, 0.6) is 0 Å². The van der Waals surface area contributed by atoms with Gasteiger partial charge in [-0.1, -0.05) is 12.1 Å². The van der Waals surface area contributed by atoms with Gasteiger partial charge in [0.1, 0.15) is 5.25 Å². The maximum Gasteiger partial charge on any atom is 0.319 e. The van der Waals surface area contributed by atoms with Crippen molar-refractivity contribution >= 4 is 23.6 Å². The Kier molecular flexibility index (Phi) is 4.53. The predicted molar refractivity (Wildman–Crippen MR) is 79.8 cm³/mol. The summed E-state index contributed by atoms with van der Waals surface area (Å²) >= 11 is 1.16. The van der Waals surface area contributed by atoms with Crippen LogP contribution in [0.3, 0.4) is 0 Å². The Labute approximate surface area is 127 Å². The second-order valence-corrected chi connectivity index (χ2v) is 6.27. The van der Waals surface area contributed by atoms with Gasteiger partial charge in [-0.05, 0) is 31.5 Å². The van der Waals surface area contributed by atoms with E-state index in [4.69, 9.17) is 5.26 Å². The molecule has 2 rings (SSSR count). The summed E-state index contributed by atoms with van der Waals surface area (Å²) in [5, 5.41) is 17.6. The number of rotatable bonds is 3. The number of amides is 1. The highest BCUT2D eigenvalue weighted by Gasteiger charge is 2.42. The number of carboxylic acid groups (broad SMARTS) is 1. The molecular weight excluding hydrogens is 288 g/mol. The molecular formula is C15H16N2O3S. The lowest BCUT2D eigenvalue weighted by Gasteiger charge is -2.41. The maximum absolute atomic E-state index is 12.2. The van der Waals surface area contributed by atoms with Crippen molar-refractivity contribution in [3.05, 3.63) is 35.4 Å². The fourth-order valence-electron chi connectivity index (χ4n) is 2.53. The zero-order valence-electron chi connectivity index (χ0n) is 11.8. The van der Waals surface area contributed by atoms with Gasteiger partial charge >= 0.3 is 5.97 Å². The molecule has 1 amide bonds. The van der Waals surface area contributed by atoms with Crippen LogP contribution in [-0.2, 0) is 9.59 Å². The Hall–Kier alpha value is -2.00. The first kappa shape index (κ1) is 15.4. The number of aliphatic carboxylic acids is 1. The summed E-state index contributed by atoms with van der Waals surface area (Å²) in [6, 6.07) is 8.20. The van der Waals surface area contributed by atoms with Gasteiger partial charge < -0.3 is 10.0 Å². The van der Waals surface area contributed by atoms with Gasteiger partial charge in [0.2, 0.25) is 5.91 Å². The fourth-order valence-corrected chi connectivity index (χ4v) is 3.62. The summed E-state index contributed by atoms with van der Waals surface area (Å²) in [7, 11) is 0. The molecule has 1 heterocycles. The molecule has 0 saturated carbocycles. The second-order valence-electron chi connectivity index (χ2n) is 5.14. The van der Waals surface area contributed by atoms with Gasteiger partial charge in [0, 0.05) is 6.04 Å². The van der Waals surface area contributed by atoms with Crippen molar-refractivity contribution < 1.29 is 14.7 Å². The third-order valence-corrected chi connectivity index (χ3v) is 4.67. The van der Waals surface area contributed by atoms with Crippen LogP contribution in [-0.4, -0.2) is 38.9 Å². The number of nitriles is 1. The number of carboxylic acids is 1. The van der Waals surface area contributed by atoms with Crippen molar-refractivity contribution in [3.63, 3.8) is 0 Å². The normalized spacial score (nSPS) is 22.2. The first-order valence-electron chi connectivity index (χ1n) is 6.61. The molecule has 6 heteroatoms. The van der Waals surface area contributed by atoms with Gasteiger partial charge in [-0.2, -0.15) is 5.26 Å². The number of hydrogen-bond acceptors (Lipinski definition) is 4. The van der Waals surface area contributed by atoms with Crippen LogP contribution in [0.4, 0.5) is 0 Å². The van der Waals surface area contributed by atoms with Crippen molar-refractivity contribution in [2.45, 2.75) is 31.2 Å². The third-order valence-electron chi connectivity index (χ3n) is 3.44. The molecule has 1 fully saturated rings. The van der Waals surface area contributed by atoms with Crippen molar-refractivity contribution in [1.29, 1.82) is 5.26 Å². The Morgan fingerprint density at radius 3 is 2.52 bits per heavy atom. The molecule has 2 atom stereocenters. The molecule has 21 heavy (non-hydrogen) atoms. The van der Waals surface area contributed by atoms with Crippen LogP contribution in [0.25, 0.3) is 0 Å². The van der Waals surface area contributed by atoms with Gasteiger partial charge in [-0.15, -0.1) is 11.8 Å². The van der Waals surface area contributed by atoms with Crippen LogP contribution in [0, 0.1) is 11.3 Å². The summed E-state index contributed by atoms with van der Waals surface area (Å²) in [4.78, 5) is 25.3. The zero-order chi connectivity index (χ0) is 15.6. The molecule has 5 nitrogen and oxygen atoms in total. The van der Waals surface area contributed by atoms with Gasteiger partial charge in [0.05, 0.1) is 23.4 Å². The maximum atomic E-state index is 12.2. The first-order chi connectivity index (χ1) is 9.95. The van der Waals surface area contributed by atoms with E-state index >= 15 is 0 Å². The molecule has 1 aromatic carbocycles. The molecule has 0 aliphatic carbocycles. The number of hydrogen-bond donors (Lipinski definition) is 1. The van der Waals surface area contributed by atoms with Crippen LogP contribution >= 0.6 is 11.8 Å². The van der Waals surface area contributed by atoms with E-state index in [9.17, 15) is 14.7 Å². The summed E-state index contributed by atoms with van der Waals surface area (Å²) in [5.74, 6) is -0.795.